The number of rotatable bonds is 3. The van der Waals surface area contributed by atoms with E-state index in [4.69, 9.17) is 11.6 Å². The van der Waals surface area contributed by atoms with Crippen molar-refractivity contribution in [1.29, 1.82) is 0 Å². The van der Waals surface area contributed by atoms with Crippen LogP contribution in [0.1, 0.15) is 39.5 Å². The Morgan fingerprint density at radius 3 is 2.50 bits per heavy atom. The standard InChI is InChI=1S/C14H21ClN2O2S/c1-14(2)7-4-11(5-8-14)17(3)20(18,19)12-6-9-16-13(15)10-12/h6,9-11H,4-5,7-8H2,1-3H3. The van der Waals surface area contributed by atoms with E-state index >= 15 is 0 Å². The van der Waals surface area contributed by atoms with E-state index in [2.05, 4.69) is 18.8 Å². The molecule has 0 aliphatic heterocycles. The maximum Gasteiger partial charge on any atom is 0.243 e. The zero-order chi connectivity index (χ0) is 15.0. The van der Waals surface area contributed by atoms with E-state index in [9.17, 15) is 8.42 Å². The topological polar surface area (TPSA) is 50.3 Å². The smallest absolute Gasteiger partial charge is 0.243 e. The van der Waals surface area contributed by atoms with Crippen LogP contribution in [-0.2, 0) is 10.0 Å². The first kappa shape index (κ1) is 15.7. The maximum absolute atomic E-state index is 12.6. The number of aromatic nitrogens is 1. The Labute approximate surface area is 126 Å². The lowest BCUT2D eigenvalue weighted by Gasteiger charge is -2.38. The SMILES string of the molecule is CN(C1CCC(C)(C)CC1)S(=O)(=O)c1ccnc(Cl)c1. The molecule has 112 valence electrons. The molecular formula is C14H21ClN2O2S. The summed E-state index contributed by atoms with van der Waals surface area (Å²) in [4.78, 5) is 4.04. The van der Waals surface area contributed by atoms with Gasteiger partial charge in [-0.15, -0.1) is 0 Å². The fourth-order valence-electron chi connectivity index (χ4n) is 2.66. The Morgan fingerprint density at radius 2 is 1.95 bits per heavy atom. The van der Waals surface area contributed by atoms with E-state index in [1.165, 1.54) is 22.6 Å². The van der Waals surface area contributed by atoms with Crippen molar-refractivity contribution in [2.45, 2.75) is 50.5 Å². The molecule has 0 aromatic carbocycles. The molecule has 2 rings (SSSR count). The molecule has 1 aromatic rings. The van der Waals surface area contributed by atoms with E-state index in [-0.39, 0.29) is 16.1 Å². The van der Waals surface area contributed by atoms with Gasteiger partial charge in [0.25, 0.3) is 0 Å². The van der Waals surface area contributed by atoms with Crippen molar-refractivity contribution in [3.63, 3.8) is 0 Å². The molecule has 0 atom stereocenters. The monoisotopic (exact) mass is 316 g/mol. The predicted octanol–water partition coefficient (Wildman–Crippen LogP) is 3.32. The van der Waals surface area contributed by atoms with Crippen molar-refractivity contribution in [3.8, 4) is 0 Å². The lowest BCUT2D eigenvalue weighted by Crippen LogP contribution is -2.40. The fourth-order valence-corrected chi connectivity index (χ4v) is 4.32. The lowest BCUT2D eigenvalue weighted by atomic mass is 9.76. The summed E-state index contributed by atoms with van der Waals surface area (Å²) in [7, 11) is -1.83. The van der Waals surface area contributed by atoms with Crippen LogP contribution in [-0.4, -0.2) is 30.8 Å². The van der Waals surface area contributed by atoms with Crippen LogP contribution < -0.4 is 0 Å². The summed E-state index contributed by atoms with van der Waals surface area (Å²) in [6, 6.07) is 2.96. The van der Waals surface area contributed by atoms with Crippen molar-refractivity contribution < 1.29 is 8.42 Å². The van der Waals surface area contributed by atoms with Gasteiger partial charge in [0.1, 0.15) is 5.15 Å². The van der Waals surface area contributed by atoms with Crippen LogP contribution in [0.3, 0.4) is 0 Å². The van der Waals surface area contributed by atoms with E-state index in [1.54, 1.807) is 7.05 Å². The number of pyridine rings is 1. The van der Waals surface area contributed by atoms with Crippen LogP contribution in [0, 0.1) is 5.41 Å². The summed E-state index contributed by atoms with van der Waals surface area (Å²) in [5.74, 6) is 0. The van der Waals surface area contributed by atoms with Crippen molar-refractivity contribution in [1.82, 2.24) is 9.29 Å². The van der Waals surface area contributed by atoms with Gasteiger partial charge in [0.05, 0.1) is 4.90 Å². The summed E-state index contributed by atoms with van der Waals surface area (Å²) < 4.78 is 26.7. The highest BCUT2D eigenvalue weighted by Gasteiger charge is 2.34. The first-order valence-electron chi connectivity index (χ1n) is 6.82. The van der Waals surface area contributed by atoms with E-state index in [0.717, 1.165) is 25.7 Å². The number of hydrogen-bond acceptors (Lipinski definition) is 3. The molecule has 1 fully saturated rings. The van der Waals surface area contributed by atoms with Crippen molar-refractivity contribution in [2.75, 3.05) is 7.05 Å². The van der Waals surface area contributed by atoms with Gasteiger partial charge < -0.3 is 0 Å². The molecule has 1 aromatic heterocycles. The van der Waals surface area contributed by atoms with Crippen LogP contribution in [0.15, 0.2) is 23.2 Å². The minimum Gasteiger partial charge on any atom is -0.244 e. The van der Waals surface area contributed by atoms with Gasteiger partial charge in [-0.05, 0) is 43.2 Å². The minimum atomic E-state index is -3.49. The second-order valence-corrected chi connectivity index (χ2v) is 8.62. The number of halogens is 1. The summed E-state index contributed by atoms with van der Waals surface area (Å²) in [6.07, 6.45) is 5.33. The number of sulfonamides is 1. The number of hydrogen-bond donors (Lipinski definition) is 0. The molecule has 20 heavy (non-hydrogen) atoms. The molecule has 0 bridgehead atoms. The summed E-state index contributed by atoms with van der Waals surface area (Å²) in [5.41, 5.74) is 0.321. The van der Waals surface area contributed by atoms with Gasteiger partial charge in [0.15, 0.2) is 0 Å². The first-order chi connectivity index (χ1) is 9.22. The maximum atomic E-state index is 12.6. The van der Waals surface area contributed by atoms with Crippen LogP contribution in [0.5, 0.6) is 0 Å². The first-order valence-corrected chi connectivity index (χ1v) is 8.64. The quantitative estimate of drug-likeness (QED) is 0.804. The van der Waals surface area contributed by atoms with Crippen LogP contribution in [0.4, 0.5) is 0 Å². The highest BCUT2D eigenvalue weighted by molar-refractivity contribution is 7.89. The van der Waals surface area contributed by atoms with Crippen molar-refractivity contribution in [2.24, 2.45) is 5.41 Å². The summed E-state index contributed by atoms with van der Waals surface area (Å²) in [6.45, 7) is 4.47. The van der Waals surface area contributed by atoms with Crippen LogP contribution >= 0.6 is 11.6 Å². The molecule has 0 N–H and O–H groups in total. The predicted molar refractivity (Wildman–Crippen MR) is 80.2 cm³/mol. The molecule has 0 amide bonds. The van der Waals surface area contributed by atoms with Gasteiger partial charge in [-0.2, -0.15) is 4.31 Å². The van der Waals surface area contributed by atoms with Crippen molar-refractivity contribution >= 4 is 21.6 Å². The molecule has 0 saturated heterocycles. The van der Waals surface area contributed by atoms with Gasteiger partial charge in [0.2, 0.25) is 10.0 Å². The Bertz CT molecular complexity index is 577. The van der Waals surface area contributed by atoms with Gasteiger partial charge in [-0.25, -0.2) is 13.4 Å². The molecule has 1 aliphatic carbocycles. The summed E-state index contributed by atoms with van der Waals surface area (Å²) >= 11 is 5.78. The third-order valence-corrected chi connectivity index (χ3v) is 6.31. The Morgan fingerprint density at radius 1 is 1.35 bits per heavy atom. The largest absolute Gasteiger partial charge is 0.244 e. The third-order valence-electron chi connectivity index (χ3n) is 4.20. The molecule has 4 nitrogen and oxygen atoms in total. The average Bonchev–Trinajstić information content (AvgIpc) is 2.38. The second kappa shape index (κ2) is 5.62. The molecule has 0 spiro atoms. The lowest BCUT2D eigenvalue weighted by molar-refractivity contribution is 0.174. The van der Waals surface area contributed by atoms with Crippen LogP contribution in [0.2, 0.25) is 5.15 Å². The van der Waals surface area contributed by atoms with Gasteiger partial charge in [0, 0.05) is 19.3 Å². The Hall–Kier alpha value is -0.650. The molecule has 0 radical (unpaired) electrons. The normalized spacial score (nSPS) is 20.2. The fraction of sp³-hybridized carbons (Fsp3) is 0.643. The van der Waals surface area contributed by atoms with E-state index < -0.39 is 10.0 Å². The Balaban J connectivity index is 2.18. The molecule has 6 heteroatoms. The van der Waals surface area contributed by atoms with Crippen LogP contribution in [0.25, 0.3) is 0 Å². The highest BCUT2D eigenvalue weighted by atomic mass is 35.5. The highest BCUT2D eigenvalue weighted by Crippen LogP contribution is 2.37. The number of nitrogens with zero attached hydrogens (tertiary/aromatic N) is 2. The molecule has 0 unspecified atom stereocenters. The Kier molecular flexibility index (Phi) is 4.42. The zero-order valence-electron chi connectivity index (χ0n) is 12.1. The second-order valence-electron chi connectivity index (χ2n) is 6.23. The molecular weight excluding hydrogens is 296 g/mol. The van der Waals surface area contributed by atoms with E-state index in [0.29, 0.717) is 5.41 Å². The van der Waals surface area contributed by atoms with Gasteiger partial charge >= 0.3 is 0 Å². The van der Waals surface area contributed by atoms with Gasteiger partial charge in [-0.1, -0.05) is 25.4 Å². The molecule has 1 aliphatic rings. The third kappa shape index (κ3) is 3.32. The minimum absolute atomic E-state index is 0.0694. The van der Waals surface area contributed by atoms with E-state index in [1.807, 2.05) is 0 Å². The summed E-state index contributed by atoms with van der Waals surface area (Å²) in [5, 5.41) is 0.198. The molecule has 1 heterocycles. The average molecular weight is 317 g/mol. The van der Waals surface area contributed by atoms with Gasteiger partial charge in [-0.3, -0.25) is 0 Å². The molecule has 1 saturated carbocycles. The zero-order valence-corrected chi connectivity index (χ0v) is 13.7. The van der Waals surface area contributed by atoms with Crippen molar-refractivity contribution in [3.05, 3.63) is 23.5 Å².